The molecule has 8 heterocycles. The number of urea groups is 4. The molecule has 0 saturated heterocycles. The molecule has 4 aromatic heterocycles. The van der Waals surface area contributed by atoms with Crippen LogP contribution in [0.15, 0.2) is 41.6 Å². The number of fused-ring (bicyclic) bond motifs is 12. The van der Waals surface area contributed by atoms with E-state index in [-0.39, 0.29) is 17.4 Å². The maximum Gasteiger partial charge on any atom is 0.333 e. The van der Waals surface area contributed by atoms with Crippen molar-refractivity contribution in [2.75, 3.05) is 47.7 Å². The minimum atomic E-state index is -4.04. The van der Waals surface area contributed by atoms with Gasteiger partial charge in [0.15, 0.2) is 5.06 Å². The van der Waals surface area contributed by atoms with Crippen molar-refractivity contribution in [2.24, 2.45) is 0 Å². The van der Waals surface area contributed by atoms with Crippen LogP contribution in [0.2, 0.25) is 0 Å². The molecule has 0 saturated carbocycles. The van der Waals surface area contributed by atoms with Gasteiger partial charge in [0.25, 0.3) is 40.1 Å². The number of rotatable bonds is 12. The first kappa shape index (κ1) is 76.4. The highest BCUT2D eigenvalue weighted by molar-refractivity contribution is 7.93. The van der Waals surface area contributed by atoms with Crippen molar-refractivity contribution in [3.63, 3.8) is 0 Å². The van der Waals surface area contributed by atoms with Crippen molar-refractivity contribution in [3.8, 4) is 10.9 Å². The number of ether oxygens (including phenoxy) is 4. The standard InChI is InChI=1S/4C19H21N3O4S2/c23-18(22-28(24,25)19-21-17-15(27-19)8-3-9-26-17)20-16-13-6-1-4-11(13)10-12-5-2-7-14(12)16;23-18(22-28(24,25)19-20-15-8-3-9-26-17(15)27-19)21-16-13-6-1-4-11(13)10-12-5-2-7-14(12)16;23-18(22-28(24,25)19-20-15-10-26-8-7-16(15)27-19)21-17-13-5-1-3-11(13)9-12-4-2-6-14(12)17;23-18(22-28(24,25)19-20-15-7-8-26-10-16(15)27-19)21-17-13-5-1-3-11(13)9-12-4-2-6-14(12)17/h10H,1-9H2,(H2,20,22,23);10H,1-9H2,(H2,21,22,23);2*9H,1-8,10H2,(H2,21,22,23). The summed E-state index contributed by atoms with van der Waals surface area (Å²) in [6, 6.07) is 6.17. The maximum absolute atomic E-state index is 12.7. The zero-order valence-corrected chi connectivity index (χ0v) is 67.9. The average molecular weight is 1680 g/mol. The highest BCUT2D eigenvalue weighted by Crippen LogP contribution is 2.44. The number of hydrogen-bond donors (Lipinski definition) is 8. The lowest BCUT2D eigenvalue weighted by Crippen LogP contribution is -2.35. The van der Waals surface area contributed by atoms with Crippen molar-refractivity contribution in [1.29, 1.82) is 0 Å². The molecule has 0 atom stereocenters. The predicted octanol–water partition coefficient (Wildman–Crippen LogP) is 11.3. The molecule has 8 amide bonds. The predicted molar refractivity (Wildman–Crippen MR) is 422 cm³/mol. The number of thiazole rings is 4. The van der Waals surface area contributed by atoms with Crippen molar-refractivity contribution >= 4 is 132 Å². The number of anilines is 4. The molecule has 112 heavy (non-hydrogen) atoms. The van der Waals surface area contributed by atoms with Crippen LogP contribution in [0.25, 0.3) is 0 Å². The molecule has 0 radical (unpaired) electrons. The van der Waals surface area contributed by atoms with Crippen LogP contribution < -0.4 is 49.6 Å². The minimum absolute atomic E-state index is 0.0818. The summed E-state index contributed by atoms with van der Waals surface area (Å²) in [5.74, 6) is 0.371. The van der Waals surface area contributed by atoms with E-state index in [0.29, 0.717) is 81.2 Å². The van der Waals surface area contributed by atoms with Gasteiger partial charge in [0.05, 0.1) is 66.5 Å². The monoisotopic (exact) mass is 1680 g/mol. The van der Waals surface area contributed by atoms with Gasteiger partial charge in [-0.25, -0.2) is 53.0 Å². The van der Waals surface area contributed by atoms with Gasteiger partial charge in [-0.1, -0.05) is 35.6 Å². The molecular weight excluding hydrogens is 1590 g/mol. The SMILES string of the molecule is O=C(Nc1c2c(cc3c1CCC3)CCC2)NS(=O)(=O)c1nc2c(s1)CCCO2.O=C(Nc1c2c(cc3c1CCC3)CCC2)NS(=O)(=O)c1nc2c(s1)CCOC2.O=C(Nc1c2c(cc3c1CCC3)CCC2)NS(=O)(=O)c1nc2c(s1)COCC2.O=C(Nc1c2c(cc3c1CCC3)CCC2)NS(=O)(=O)c1nc2c(s1)OCCC2. The second kappa shape index (κ2) is 31.5. The molecule has 8 aliphatic carbocycles. The van der Waals surface area contributed by atoms with Crippen LogP contribution in [0.4, 0.5) is 41.9 Å². The highest BCUT2D eigenvalue weighted by Gasteiger charge is 2.36. The molecule has 0 bridgehead atoms. The number of carbonyl (C=O) groups is 4. The number of carbonyl (C=O) groups excluding carboxylic acids is 4. The lowest BCUT2D eigenvalue weighted by Gasteiger charge is -2.16. The Morgan fingerprint density at radius 2 is 0.616 bits per heavy atom. The van der Waals surface area contributed by atoms with Crippen molar-refractivity contribution in [2.45, 2.75) is 223 Å². The van der Waals surface area contributed by atoms with E-state index in [4.69, 9.17) is 18.9 Å². The summed E-state index contributed by atoms with van der Waals surface area (Å²) in [4.78, 5) is 69.5. The summed E-state index contributed by atoms with van der Waals surface area (Å²) >= 11 is 4.20. The molecule has 0 unspecified atom stereocenters. The molecule has 8 aromatic rings. The number of amides is 8. The van der Waals surface area contributed by atoms with E-state index in [9.17, 15) is 52.8 Å². The first-order valence-electron chi connectivity index (χ1n) is 38.4. The summed E-state index contributed by atoms with van der Waals surface area (Å²) < 4.78 is 131. The third-order valence-electron chi connectivity index (χ3n) is 22.5. The second-order valence-corrected chi connectivity index (χ2v) is 41.4. The van der Waals surface area contributed by atoms with E-state index in [2.05, 4.69) is 84.4 Å². The molecule has 4 aliphatic heterocycles. The van der Waals surface area contributed by atoms with Crippen LogP contribution in [0.5, 0.6) is 10.9 Å². The van der Waals surface area contributed by atoms with E-state index in [0.717, 1.165) is 306 Å². The third-order valence-corrected chi connectivity index (χ3v) is 33.6. The van der Waals surface area contributed by atoms with Crippen molar-refractivity contribution in [3.05, 3.63) is 145 Å². The number of benzene rings is 4. The van der Waals surface area contributed by atoms with E-state index >= 15 is 0 Å². The second-order valence-electron chi connectivity index (χ2n) is 29.8. The minimum Gasteiger partial charge on any atom is -0.482 e. The number of nitrogens with zero attached hydrogens (tertiary/aromatic N) is 4. The van der Waals surface area contributed by atoms with Crippen LogP contribution >= 0.6 is 45.3 Å². The zero-order chi connectivity index (χ0) is 77.2. The number of hydrogen-bond acceptors (Lipinski definition) is 24. The fraction of sp³-hybridized carbons (Fsp3) is 0.474. The fourth-order valence-corrected chi connectivity index (χ4v) is 26.4. The summed E-state index contributed by atoms with van der Waals surface area (Å²) in [7, 11) is -16.1. The number of aryl methyl sites for hydroxylation is 10. The Balaban J connectivity index is 0.000000108. The Kier molecular flexibility index (Phi) is 21.5. The van der Waals surface area contributed by atoms with Crippen molar-refractivity contribution in [1.82, 2.24) is 38.8 Å². The van der Waals surface area contributed by atoms with E-state index in [1.165, 1.54) is 44.5 Å². The highest BCUT2D eigenvalue weighted by atomic mass is 32.3. The fourth-order valence-electron chi connectivity index (χ4n) is 17.5. The van der Waals surface area contributed by atoms with Gasteiger partial charge >= 0.3 is 24.1 Å². The van der Waals surface area contributed by atoms with Gasteiger partial charge in [0.2, 0.25) is 23.2 Å². The van der Waals surface area contributed by atoms with E-state index < -0.39 is 64.2 Å². The van der Waals surface area contributed by atoms with Crippen LogP contribution in [-0.4, -0.2) is 104 Å². The Bertz CT molecular complexity index is 4770. The molecule has 4 aromatic carbocycles. The van der Waals surface area contributed by atoms with E-state index in [1.807, 2.05) is 0 Å². The number of nitrogens with one attached hydrogen (secondary N) is 8. The Morgan fingerprint density at radius 1 is 0.295 bits per heavy atom. The van der Waals surface area contributed by atoms with Crippen LogP contribution in [0.3, 0.4) is 0 Å². The van der Waals surface area contributed by atoms with Gasteiger partial charge < -0.3 is 40.2 Å². The molecule has 20 rings (SSSR count). The third kappa shape index (κ3) is 15.8. The van der Waals surface area contributed by atoms with Gasteiger partial charge in [-0.05, 0) is 269 Å². The Labute approximate surface area is 664 Å². The number of sulfonamides is 4. The number of aromatic nitrogens is 4. The van der Waals surface area contributed by atoms with E-state index in [1.54, 1.807) is 0 Å². The Hall–Kier alpha value is -8.20. The largest absolute Gasteiger partial charge is 0.482 e. The van der Waals surface area contributed by atoms with Crippen molar-refractivity contribution < 1.29 is 71.8 Å². The average Bonchev–Trinajstić information content (AvgIpc) is 1.61. The summed E-state index contributed by atoms with van der Waals surface area (Å²) in [5.41, 5.74) is 24.9. The van der Waals surface area contributed by atoms with Gasteiger partial charge in [0.1, 0.15) is 0 Å². The topological polar surface area (TPSA) is 390 Å². The first-order chi connectivity index (χ1) is 54.0. The normalized spacial score (nSPS) is 17.6. The van der Waals surface area contributed by atoms with Crippen LogP contribution in [0.1, 0.15) is 185 Å². The van der Waals surface area contributed by atoms with Gasteiger partial charge in [0, 0.05) is 40.5 Å². The van der Waals surface area contributed by atoms with Crippen LogP contribution in [-0.2, 0) is 191 Å². The molecule has 0 spiro atoms. The lowest BCUT2D eigenvalue weighted by atomic mass is 9.99. The quantitative estimate of drug-likeness (QED) is 0.0563. The molecule has 12 aliphatic rings. The summed E-state index contributed by atoms with van der Waals surface area (Å²) in [6.07, 6.45) is 28.4. The molecule has 28 nitrogen and oxygen atoms in total. The molecule has 8 N–H and O–H groups in total. The zero-order valence-electron chi connectivity index (χ0n) is 61.4. The molecule has 36 heteroatoms. The van der Waals surface area contributed by atoms with Gasteiger partial charge in [-0.2, -0.15) is 38.7 Å². The molecule has 0 fully saturated rings. The van der Waals surface area contributed by atoms with Gasteiger partial charge in [-0.3, -0.25) is 0 Å². The summed E-state index contributed by atoms with van der Waals surface area (Å²) in [5, 5.41) is 11.9. The van der Waals surface area contributed by atoms with Gasteiger partial charge in [-0.15, -0.1) is 34.0 Å². The Morgan fingerprint density at radius 3 is 0.991 bits per heavy atom. The summed E-state index contributed by atoms with van der Waals surface area (Å²) in [6.45, 7) is 2.88. The molecule has 592 valence electrons. The molecular formula is C76H84N12O16S8. The maximum atomic E-state index is 12.7. The smallest absolute Gasteiger partial charge is 0.333 e. The van der Waals surface area contributed by atoms with Crippen LogP contribution in [0, 0.1) is 0 Å². The first-order valence-corrected chi connectivity index (χ1v) is 47.6. The lowest BCUT2D eigenvalue weighted by molar-refractivity contribution is 0.109.